The molecule has 0 unspecified atom stereocenters. The average molecular weight is 526 g/mol. The maximum absolute atomic E-state index is 13.3. The normalized spacial score (nSPS) is 26.4. The smallest absolute Gasteiger partial charge is 0.373 e. The first-order valence-electron chi connectivity index (χ1n) is 12.8. The Hall–Kier alpha value is -3.31. The molecule has 0 bridgehead atoms. The molecule has 204 valence electrons. The van der Waals surface area contributed by atoms with Crippen molar-refractivity contribution in [1.82, 2.24) is 4.90 Å². The summed E-state index contributed by atoms with van der Waals surface area (Å²) in [4.78, 5) is 32.0. The minimum atomic E-state index is -1.73. The van der Waals surface area contributed by atoms with Crippen molar-refractivity contribution in [2.24, 2.45) is 5.41 Å². The molecule has 9 nitrogen and oxygen atoms in total. The highest BCUT2D eigenvalue weighted by Gasteiger charge is 2.58. The van der Waals surface area contributed by atoms with Crippen LogP contribution >= 0.6 is 0 Å². The van der Waals surface area contributed by atoms with Gasteiger partial charge in [-0.2, -0.15) is 9.59 Å². The van der Waals surface area contributed by atoms with E-state index in [1.807, 2.05) is 26.8 Å². The van der Waals surface area contributed by atoms with Crippen LogP contribution in [-0.2, 0) is 30.3 Å². The van der Waals surface area contributed by atoms with Gasteiger partial charge in [0.25, 0.3) is 0 Å². The third-order valence-corrected chi connectivity index (χ3v) is 7.53. The fourth-order valence-electron chi connectivity index (χ4n) is 5.89. The Balaban J connectivity index is 0.00000107. The Morgan fingerprint density at radius 1 is 1.18 bits per heavy atom. The Morgan fingerprint density at radius 2 is 1.87 bits per heavy atom. The molecule has 1 aliphatic carbocycles. The third kappa shape index (κ3) is 5.17. The predicted octanol–water partition coefficient (Wildman–Crippen LogP) is 2.95. The predicted molar refractivity (Wildman–Crippen MR) is 135 cm³/mol. The van der Waals surface area contributed by atoms with E-state index >= 15 is 0 Å². The van der Waals surface area contributed by atoms with Gasteiger partial charge in [-0.3, -0.25) is 4.90 Å². The summed E-state index contributed by atoms with van der Waals surface area (Å²) in [6, 6.07) is 4.11. The summed E-state index contributed by atoms with van der Waals surface area (Å²) in [5.74, 6) is 7.26. The Bertz CT molecular complexity index is 1210. The van der Waals surface area contributed by atoms with Crippen molar-refractivity contribution in [2.45, 2.75) is 76.5 Å². The van der Waals surface area contributed by atoms with Crippen LogP contribution < -0.4 is 9.47 Å². The monoisotopic (exact) mass is 525 g/mol. The number of ether oxygens (including phenoxy) is 4. The van der Waals surface area contributed by atoms with Crippen molar-refractivity contribution < 1.29 is 38.4 Å². The molecule has 1 fully saturated rings. The molecule has 38 heavy (non-hydrogen) atoms. The number of esters is 1. The van der Waals surface area contributed by atoms with Crippen LogP contribution in [0.15, 0.2) is 24.0 Å². The molecule has 3 aliphatic heterocycles. The van der Waals surface area contributed by atoms with Crippen molar-refractivity contribution in [1.29, 1.82) is 0 Å². The van der Waals surface area contributed by atoms with E-state index in [9.17, 15) is 9.90 Å². The fraction of sp³-hybridized carbons (Fsp3) is 0.586. The summed E-state index contributed by atoms with van der Waals surface area (Å²) in [5, 5.41) is 11.0. The quantitative estimate of drug-likeness (QED) is 0.468. The number of rotatable bonds is 4. The van der Waals surface area contributed by atoms with Crippen LogP contribution in [-0.4, -0.2) is 66.4 Å². The lowest BCUT2D eigenvalue weighted by molar-refractivity contribution is -0.191. The summed E-state index contributed by atoms with van der Waals surface area (Å²) in [6.45, 7) is 9.52. The van der Waals surface area contributed by atoms with E-state index in [-0.39, 0.29) is 36.2 Å². The maximum Gasteiger partial charge on any atom is 0.373 e. The van der Waals surface area contributed by atoms with Gasteiger partial charge in [0.15, 0.2) is 23.2 Å². The molecule has 1 saturated heterocycles. The van der Waals surface area contributed by atoms with E-state index in [0.717, 1.165) is 43.7 Å². The number of carbonyl (C=O) groups is 1. The average Bonchev–Trinajstić information content (AvgIpc) is 3.52. The number of hydrogen-bond donors (Lipinski definition) is 1. The zero-order valence-electron chi connectivity index (χ0n) is 22.6. The van der Waals surface area contributed by atoms with Crippen molar-refractivity contribution in [3.8, 4) is 23.3 Å². The van der Waals surface area contributed by atoms with Gasteiger partial charge in [-0.15, -0.1) is 0 Å². The molecule has 1 N–H and O–H groups in total. The molecular formula is C29H35NO8. The lowest BCUT2D eigenvalue weighted by Crippen LogP contribution is -2.48. The van der Waals surface area contributed by atoms with Gasteiger partial charge in [0.1, 0.15) is 5.76 Å². The van der Waals surface area contributed by atoms with Crippen LogP contribution in [0.3, 0.4) is 0 Å². The number of hydrogen-bond acceptors (Lipinski definition) is 9. The molecule has 0 aromatic heterocycles. The lowest BCUT2D eigenvalue weighted by atomic mass is 9.77. The van der Waals surface area contributed by atoms with Gasteiger partial charge in [-0.1, -0.05) is 11.8 Å². The molecule has 4 aliphatic rings. The first kappa shape index (κ1) is 27.7. The Kier molecular flexibility index (Phi) is 7.62. The lowest BCUT2D eigenvalue weighted by Gasteiger charge is -2.39. The van der Waals surface area contributed by atoms with Crippen LogP contribution in [0.5, 0.6) is 11.5 Å². The first-order chi connectivity index (χ1) is 18.0. The molecule has 1 aromatic rings. The molecule has 1 spiro atoms. The second-order valence-electron chi connectivity index (χ2n) is 11.4. The molecule has 0 saturated carbocycles. The summed E-state index contributed by atoms with van der Waals surface area (Å²) in [7, 11) is 1.61. The van der Waals surface area contributed by atoms with E-state index in [1.54, 1.807) is 7.11 Å². The Morgan fingerprint density at radius 3 is 2.53 bits per heavy atom. The molecule has 9 heteroatoms. The summed E-state index contributed by atoms with van der Waals surface area (Å²) in [6.07, 6.45) is 4.62. The van der Waals surface area contributed by atoms with Gasteiger partial charge < -0.3 is 24.1 Å². The molecule has 1 aromatic carbocycles. The number of methoxy groups -OCH3 is 1. The molecule has 0 amide bonds. The third-order valence-electron chi connectivity index (χ3n) is 7.53. The van der Waals surface area contributed by atoms with E-state index in [0.29, 0.717) is 11.5 Å². The summed E-state index contributed by atoms with van der Waals surface area (Å²) >= 11 is 0. The number of benzene rings is 1. The largest absolute Gasteiger partial charge is 0.497 e. The van der Waals surface area contributed by atoms with Crippen LogP contribution in [0, 0.1) is 17.3 Å². The Labute approximate surface area is 223 Å². The number of fused-ring (bicyclic) bond motifs is 3. The topological polar surface area (TPSA) is 112 Å². The molecule has 0 radical (unpaired) electrons. The van der Waals surface area contributed by atoms with Crippen LogP contribution in [0.4, 0.5) is 0 Å². The van der Waals surface area contributed by atoms with Gasteiger partial charge in [0.05, 0.1) is 18.6 Å². The van der Waals surface area contributed by atoms with Crippen molar-refractivity contribution >= 4 is 12.1 Å². The minimum Gasteiger partial charge on any atom is -0.497 e. The van der Waals surface area contributed by atoms with Crippen LogP contribution in [0.2, 0.25) is 0 Å². The number of aliphatic hydroxyl groups is 1. The van der Waals surface area contributed by atoms with Crippen molar-refractivity contribution in [3.63, 3.8) is 0 Å². The zero-order chi connectivity index (χ0) is 27.7. The van der Waals surface area contributed by atoms with Gasteiger partial charge >= 0.3 is 12.1 Å². The maximum atomic E-state index is 13.3. The highest BCUT2D eigenvalue weighted by molar-refractivity contribution is 5.80. The number of carbonyl (C=O) groups excluding carboxylic acids is 3. The van der Waals surface area contributed by atoms with E-state index in [4.69, 9.17) is 28.5 Å². The van der Waals surface area contributed by atoms with Crippen LogP contribution in [0.25, 0.3) is 0 Å². The van der Waals surface area contributed by atoms with Gasteiger partial charge in [0.2, 0.25) is 6.79 Å². The van der Waals surface area contributed by atoms with E-state index in [1.165, 1.54) is 12.5 Å². The fourth-order valence-corrected chi connectivity index (χ4v) is 5.89. The van der Waals surface area contributed by atoms with Crippen molar-refractivity contribution in [2.75, 3.05) is 27.0 Å². The van der Waals surface area contributed by atoms with E-state index < -0.39 is 17.7 Å². The van der Waals surface area contributed by atoms with Gasteiger partial charge in [-0.05, 0) is 82.8 Å². The highest BCUT2D eigenvalue weighted by atomic mass is 16.7. The molecule has 4 atom stereocenters. The molecular weight excluding hydrogens is 490 g/mol. The standard InChI is InChI=1S/C28H35NO6.CO2/c1-26(2,3)9-6-10-27(4,31)25(30)35-24-22(32-5)16-28-11-7-12-29(28)13-8-18-14-20-21(34-17-33-20)15-19(18)23(24)28;2-1-3/h14-16,23-24,31H,7-8,10-13,17H2,1-5H3;/t23-,24-,27+,28+;/m1./s1. The van der Waals surface area contributed by atoms with Gasteiger partial charge in [0, 0.05) is 18.4 Å². The SMILES string of the molecule is COC1=C[C@]23CCCN2CCc2cc4c(cc2[C@@H]3[C@@H]1OC(=O)[C@@](C)(O)CC#CC(C)(C)C)OCO4.O=C=O. The first-order valence-corrected chi connectivity index (χ1v) is 12.8. The summed E-state index contributed by atoms with van der Waals surface area (Å²) in [5.41, 5.74) is -0.00147. The number of nitrogens with zero attached hydrogens (tertiary/aromatic N) is 1. The zero-order valence-corrected chi connectivity index (χ0v) is 22.6. The second kappa shape index (κ2) is 10.5. The van der Waals surface area contributed by atoms with E-state index in [2.05, 4.69) is 28.9 Å². The van der Waals surface area contributed by atoms with Crippen LogP contribution in [0.1, 0.15) is 64.0 Å². The highest BCUT2D eigenvalue weighted by Crippen LogP contribution is 2.55. The second-order valence-corrected chi connectivity index (χ2v) is 11.4. The van der Waals surface area contributed by atoms with Crippen molar-refractivity contribution in [3.05, 3.63) is 35.1 Å². The van der Waals surface area contributed by atoms with Gasteiger partial charge in [-0.25, -0.2) is 4.79 Å². The molecule has 3 heterocycles. The summed E-state index contributed by atoms with van der Waals surface area (Å²) < 4.78 is 23.3. The minimum absolute atomic E-state index is 0.000931. The molecule has 5 rings (SSSR count).